The number of piperazine rings is 1. The summed E-state index contributed by atoms with van der Waals surface area (Å²) in [7, 11) is 0. The number of halogens is 1. The molecule has 8 heteroatoms. The Kier molecular flexibility index (Phi) is 5.33. The number of nitrogens with one attached hydrogen (secondary N) is 1. The first-order valence-corrected chi connectivity index (χ1v) is 8.04. The van der Waals surface area contributed by atoms with Crippen molar-refractivity contribution in [3.05, 3.63) is 20.3 Å². The maximum atomic E-state index is 11.6. The Morgan fingerprint density at radius 1 is 1.55 bits per heavy atom. The normalized spacial score (nSPS) is 18.0. The largest absolute Gasteiger partial charge is 0.392 e. The van der Waals surface area contributed by atoms with E-state index in [1.807, 2.05) is 22.6 Å². The molecule has 3 N–H and O–H groups in total. The molecule has 0 radical (unpaired) electrons. The topological polar surface area (TPSA) is 78.2 Å². The number of rotatable bonds is 4. The summed E-state index contributed by atoms with van der Waals surface area (Å²) in [6.45, 7) is 5.50. The van der Waals surface area contributed by atoms with Gasteiger partial charge in [0.25, 0.3) is 5.56 Å². The van der Waals surface area contributed by atoms with E-state index in [9.17, 15) is 4.79 Å². The van der Waals surface area contributed by atoms with Gasteiger partial charge < -0.3 is 15.6 Å². The van der Waals surface area contributed by atoms with Crippen LogP contribution in [0.1, 0.15) is 13.3 Å². The molecule has 20 heavy (non-hydrogen) atoms. The van der Waals surface area contributed by atoms with Gasteiger partial charge in [-0.2, -0.15) is 0 Å². The summed E-state index contributed by atoms with van der Waals surface area (Å²) in [5, 5.41) is 0. The summed E-state index contributed by atoms with van der Waals surface area (Å²) in [6, 6.07) is 0.165. The average Bonchev–Trinajstić information content (AvgIpc) is 2.43. The van der Waals surface area contributed by atoms with Crippen molar-refractivity contribution in [3.63, 3.8) is 0 Å². The summed E-state index contributed by atoms with van der Waals surface area (Å²) in [6.07, 6.45) is 2.38. The van der Waals surface area contributed by atoms with Crippen LogP contribution >= 0.6 is 34.8 Å². The molecule has 1 atom stereocenters. The molecule has 2 heterocycles. The fourth-order valence-corrected chi connectivity index (χ4v) is 3.43. The predicted molar refractivity (Wildman–Crippen MR) is 92.2 cm³/mol. The second-order valence-electron chi connectivity index (χ2n) is 4.72. The molecular formula is C12H18IN5OS. The summed E-state index contributed by atoms with van der Waals surface area (Å²) < 4.78 is 0.639. The van der Waals surface area contributed by atoms with E-state index >= 15 is 0 Å². The second kappa shape index (κ2) is 6.81. The minimum Gasteiger partial charge on any atom is -0.392 e. The van der Waals surface area contributed by atoms with Crippen LogP contribution in [0.2, 0.25) is 0 Å². The van der Waals surface area contributed by atoms with Gasteiger partial charge >= 0.3 is 0 Å². The van der Waals surface area contributed by atoms with Crippen LogP contribution in [0.5, 0.6) is 0 Å². The molecule has 1 unspecified atom stereocenters. The molecule has 1 aliphatic rings. The zero-order valence-corrected chi connectivity index (χ0v) is 14.3. The van der Waals surface area contributed by atoms with Gasteiger partial charge in [0.1, 0.15) is 9.39 Å². The molecule has 1 aromatic rings. The zero-order chi connectivity index (χ0) is 14.7. The van der Waals surface area contributed by atoms with Gasteiger partial charge in [-0.1, -0.05) is 19.1 Å². The Bertz CT molecular complexity index is 541. The number of thiocarbonyl (C=S) groups is 1. The summed E-state index contributed by atoms with van der Waals surface area (Å²) in [4.78, 5) is 23.5. The van der Waals surface area contributed by atoms with E-state index < -0.39 is 0 Å². The van der Waals surface area contributed by atoms with Crippen molar-refractivity contribution >= 4 is 45.6 Å². The van der Waals surface area contributed by atoms with Crippen molar-refractivity contribution < 1.29 is 0 Å². The fraction of sp³-hybridized carbons (Fsp3) is 0.583. The highest BCUT2D eigenvalue weighted by Crippen LogP contribution is 2.18. The number of anilines is 1. The molecule has 0 aromatic carbocycles. The lowest BCUT2D eigenvalue weighted by atomic mass is 10.1. The SMILES string of the molecule is CCC(C(N)=S)N1CCN(c2nc[nH]c(=O)c2I)CC1. The molecule has 1 aromatic heterocycles. The van der Waals surface area contributed by atoms with Crippen molar-refractivity contribution in [2.75, 3.05) is 31.1 Å². The quantitative estimate of drug-likeness (QED) is 0.561. The third-order valence-electron chi connectivity index (χ3n) is 3.55. The van der Waals surface area contributed by atoms with Crippen LogP contribution in [0, 0.1) is 3.57 Å². The summed E-state index contributed by atoms with van der Waals surface area (Å²) in [5.41, 5.74) is 5.69. The van der Waals surface area contributed by atoms with Gasteiger partial charge in [-0.3, -0.25) is 9.69 Å². The third-order valence-corrected chi connectivity index (χ3v) is 4.79. The number of nitrogens with two attached hydrogens (primary N) is 1. The minimum absolute atomic E-state index is 0.0902. The van der Waals surface area contributed by atoms with E-state index in [4.69, 9.17) is 18.0 Å². The van der Waals surface area contributed by atoms with Crippen molar-refractivity contribution in [2.45, 2.75) is 19.4 Å². The van der Waals surface area contributed by atoms with Crippen LogP contribution in [0.15, 0.2) is 11.1 Å². The van der Waals surface area contributed by atoms with E-state index in [1.165, 1.54) is 6.33 Å². The minimum atomic E-state index is -0.0902. The Morgan fingerprint density at radius 2 is 2.20 bits per heavy atom. The Morgan fingerprint density at radius 3 is 2.75 bits per heavy atom. The maximum absolute atomic E-state index is 11.6. The smallest absolute Gasteiger partial charge is 0.266 e. The van der Waals surface area contributed by atoms with Gasteiger partial charge in [0.15, 0.2) is 0 Å². The monoisotopic (exact) mass is 407 g/mol. The summed E-state index contributed by atoms with van der Waals surface area (Å²) >= 11 is 7.16. The molecular weight excluding hydrogens is 389 g/mol. The molecule has 6 nitrogen and oxygen atoms in total. The van der Waals surface area contributed by atoms with Gasteiger partial charge in [-0.25, -0.2) is 4.98 Å². The van der Waals surface area contributed by atoms with Crippen LogP contribution in [0.25, 0.3) is 0 Å². The lowest BCUT2D eigenvalue weighted by molar-refractivity contribution is 0.224. The molecule has 0 aliphatic carbocycles. The first-order valence-electron chi connectivity index (χ1n) is 6.56. The number of H-pyrrole nitrogens is 1. The highest BCUT2D eigenvalue weighted by atomic mass is 127. The van der Waals surface area contributed by atoms with E-state index in [-0.39, 0.29) is 11.6 Å². The van der Waals surface area contributed by atoms with Crippen LogP contribution in [-0.2, 0) is 0 Å². The van der Waals surface area contributed by atoms with E-state index in [0.29, 0.717) is 8.56 Å². The zero-order valence-electron chi connectivity index (χ0n) is 11.3. The molecule has 2 rings (SSSR count). The fourth-order valence-electron chi connectivity index (χ4n) is 2.48. The molecule has 0 saturated carbocycles. The van der Waals surface area contributed by atoms with Crippen molar-refractivity contribution in [3.8, 4) is 0 Å². The van der Waals surface area contributed by atoms with Gasteiger partial charge in [0.2, 0.25) is 0 Å². The number of hydrogen-bond acceptors (Lipinski definition) is 5. The van der Waals surface area contributed by atoms with Crippen LogP contribution in [0.3, 0.4) is 0 Å². The maximum Gasteiger partial charge on any atom is 0.266 e. The highest BCUT2D eigenvalue weighted by molar-refractivity contribution is 14.1. The van der Waals surface area contributed by atoms with Gasteiger partial charge in [-0.15, -0.1) is 0 Å². The Labute approximate surface area is 136 Å². The number of aromatic amines is 1. The Balaban J connectivity index is 2.06. The molecule has 1 aliphatic heterocycles. The molecule has 0 spiro atoms. The summed E-state index contributed by atoms with van der Waals surface area (Å²) in [5.74, 6) is 0.761. The number of aromatic nitrogens is 2. The lowest BCUT2D eigenvalue weighted by Gasteiger charge is -2.39. The lowest BCUT2D eigenvalue weighted by Crippen LogP contribution is -2.54. The van der Waals surface area contributed by atoms with Gasteiger partial charge in [0.05, 0.1) is 17.4 Å². The average molecular weight is 407 g/mol. The first kappa shape index (κ1) is 15.6. The molecule has 0 amide bonds. The third kappa shape index (κ3) is 3.29. The van der Waals surface area contributed by atoms with Crippen molar-refractivity contribution in [2.24, 2.45) is 5.73 Å². The van der Waals surface area contributed by atoms with E-state index in [2.05, 4.69) is 26.7 Å². The van der Waals surface area contributed by atoms with Gasteiger partial charge in [0, 0.05) is 26.2 Å². The van der Waals surface area contributed by atoms with Crippen molar-refractivity contribution in [1.29, 1.82) is 0 Å². The van der Waals surface area contributed by atoms with E-state index in [0.717, 1.165) is 38.4 Å². The molecule has 0 bridgehead atoms. The van der Waals surface area contributed by atoms with E-state index in [1.54, 1.807) is 0 Å². The number of nitrogens with zero attached hydrogens (tertiary/aromatic N) is 3. The van der Waals surface area contributed by atoms with Crippen LogP contribution in [-0.4, -0.2) is 52.1 Å². The highest BCUT2D eigenvalue weighted by Gasteiger charge is 2.26. The predicted octanol–water partition coefficient (Wildman–Crippen LogP) is 0.561. The second-order valence-corrected chi connectivity index (χ2v) is 6.27. The molecule has 1 fully saturated rings. The molecule has 1 saturated heterocycles. The van der Waals surface area contributed by atoms with Crippen molar-refractivity contribution in [1.82, 2.24) is 14.9 Å². The number of hydrogen-bond donors (Lipinski definition) is 2. The standard InChI is InChI=1S/C12H18IN5OS/c1-2-8(10(14)20)17-3-5-18(6-4-17)11-9(13)12(19)16-7-15-11/h7-8H,2-6H2,1H3,(H2,14,20)(H,15,16,19). The Hall–Kier alpha value is -0.740. The van der Waals surface area contributed by atoms with Gasteiger partial charge in [-0.05, 0) is 29.0 Å². The van der Waals surface area contributed by atoms with Crippen LogP contribution < -0.4 is 16.2 Å². The molecule has 110 valence electrons. The van der Waals surface area contributed by atoms with Crippen LogP contribution in [0.4, 0.5) is 5.82 Å². The first-order chi connectivity index (χ1) is 9.54.